The second-order valence-corrected chi connectivity index (χ2v) is 9.09. The van der Waals surface area contributed by atoms with Gasteiger partial charge in [-0.2, -0.15) is 0 Å². The van der Waals surface area contributed by atoms with Crippen LogP contribution in [-0.4, -0.2) is 17.6 Å². The summed E-state index contributed by atoms with van der Waals surface area (Å²) in [7, 11) is 0. The summed E-state index contributed by atoms with van der Waals surface area (Å²) >= 11 is 1.48. The average Bonchev–Trinajstić information content (AvgIpc) is 2.85. The lowest BCUT2D eigenvalue weighted by Gasteiger charge is -2.23. The van der Waals surface area contributed by atoms with Crippen molar-refractivity contribution in [2.75, 3.05) is 16.0 Å². The molecule has 4 rings (SSSR count). The molecule has 0 atom stereocenters. The highest BCUT2D eigenvalue weighted by molar-refractivity contribution is 8.00. The Morgan fingerprint density at radius 2 is 1.44 bits per heavy atom. The third-order valence-corrected chi connectivity index (χ3v) is 6.70. The van der Waals surface area contributed by atoms with Gasteiger partial charge in [-0.1, -0.05) is 61.7 Å². The lowest BCUT2D eigenvalue weighted by Crippen LogP contribution is -2.27. The average molecular weight is 445 g/mol. The minimum absolute atomic E-state index is 0.00374. The Kier molecular flexibility index (Phi) is 7.62. The third-order valence-electron chi connectivity index (χ3n) is 5.72. The molecule has 0 unspecified atom stereocenters. The number of carbonyl (C=O) groups excluding carboxylic acids is 2. The van der Waals surface area contributed by atoms with E-state index in [1.165, 1.54) is 18.2 Å². The SMILES string of the molecule is O=C(Nc1cccc(SCC(=O)N(c2ccccc2)c2ccccc2)c1)C1CCCCC1. The number of rotatable bonds is 7. The van der Waals surface area contributed by atoms with E-state index in [0.29, 0.717) is 5.75 Å². The number of hydrogen-bond acceptors (Lipinski definition) is 3. The number of nitrogens with zero attached hydrogens (tertiary/aromatic N) is 1. The van der Waals surface area contributed by atoms with E-state index in [1.54, 1.807) is 4.90 Å². The van der Waals surface area contributed by atoms with E-state index in [1.807, 2.05) is 84.9 Å². The van der Waals surface area contributed by atoms with Gasteiger partial charge in [0.1, 0.15) is 0 Å². The Balaban J connectivity index is 1.42. The molecule has 0 aromatic heterocycles. The van der Waals surface area contributed by atoms with E-state index in [2.05, 4.69) is 5.32 Å². The maximum atomic E-state index is 13.2. The summed E-state index contributed by atoms with van der Waals surface area (Å²) in [6.45, 7) is 0. The van der Waals surface area contributed by atoms with E-state index in [-0.39, 0.29) is 17.7 Å². The van der Waals surface area contributed by atoms with Crippen LogP contribution in [0.15, 0.2) is 89.8 Å². The number of amides is 2. The van der Waals surface area contributed by atoms with Crippen molar-refractivity contribution in [3.05, 3.63) is 84.9 Å². The van der Waals surface area contributed by atoms with Crippen molar-refractivity contribution in [3.8, 4) is 0 Å². The second-order valence-electron chi connectivity index (χ2n) is 8.04. The number of thioether (sulfide) groups is 1. The molecule has 5 heteroatoms. The van der Waals surface area contributed by atoms with Crippen LogP contribution in [0, 0.1) is 5.92 Å². The zero-order chi connectivity index (χ0) is 22.2. The summed E-state index contributed by atoms with van der Waals surface area (Å²) in [4.78, 5) is 28.5. The minimum Gasteiger partial charge on any atom is -0.326 e. The van der Waals surface area contributed by atoms with Gasteiger partial charge in [-0.3, -0.25) is 14.5 Å². The lowest BCUT2D eigenvalue weighted by molar-refractivity contribution is -0.120. The van der Waals surface area contributed by atoms with E-state index < -0.39 is 0 Å². The molecule has 2 amide bonds. The summed E-state index contributed by atoms with van der Waals surface area (Å²) in [5.41, 5.74) is 2.48. The molecule has 0 spiro atoms. The molecule has 1 N–H and O–H groups in total. The molecular weight excluding hydrogens is 416 g/mol. The van der Waals surface area contributed by atoms with Crippen molar-refractivity contribution in [1.82, 2.24) is 0 Å². The molecule has 4 nitrogen and oxygen atoms in total. The number of anilines is 3. The standard InChI is InChI=1S/C27H28N2O2S/c30-26(29(23-14-6-2-7-15-23)24-16-8-3-9-17-24)20-32-25-18-10-13-22(19-25)28-27(31)21-11-4-1-5-12-21/h2-3,6-10,13-19,21H,1,4-5,11-12,20H2,(H,28,31). The fourth-order valence-corrected chi connectivity index (χ4v) is 4.88. The Morgan fingerprint density at radius 1 is 0.812 bits per heavy atom. The molecule has 0 radical (unpaired) electrons. The lowest BCUT2D eigenvalue weighted by atomic mass is 9.88. The zero-order valence-electron chi connectivity index (χ0n) is 18.1. The van der Waals surface area contributed by atoms with E-state index in [9.17, 15) is 9.59 Å². The fraction of sp³-hybridized carbons (Fsp3) is 0.259. The van der Waals surface area contributed by atoms with Crippen LogP contribution < -0.4 is 10.2 Å². The molecule has 3 aromatic rings. The van der Waals surface area contributed by atoms with Crippen molar-refractivity contribution in [1.29, 1.82) is 0 Å². The Labute approximate surface area is 194 Å². The minimum atomic E-state index is 0.00374. The topological polar surface area (TPSA) is 49.4 Å². The van der Waals surface area contributed by atoms with Crippen LogP contribution in [0.5, 0.6) is 0 Å². The van der Waals surface area contributed by atoms with E-state index in [0.717, 1.165) is 47.6 Å². The van der Waals surface area contributed by atoms with Crippen molar-refractivity contribution >= 4 is 40.6 Å². The first-order valence-corrected chi connectivity index (χ1v) is 12.2. The van der Waals surface area contributed by atoms with Gasteiger partial charge in [0.05, 0.1) is 5.75 Å². The number of nitrogens with one attached hydrogen (secondary N) is 1. The first-order chi connectivity index (χ1) is 15.7. The molecule has 0 saturated heterocycles. The van der Waals surface area contributed by atoms with Gasteiger partial charge in [0.15, 0.2) is 0 Å². The highest BCUT2D eigenvalue weighted by Gasteiger charge is 2.21. The van der Waals surface area contributed by atoms with Gasteiger partial charge in [-0.25, -0.2) is 0 Å². The van der Waals surface area contributed by atoms with Gasteiger partial charge in [-0.05, 0) is 55.3 Å². The largest absolute Gasteiger partial charge is 0.326 e. The first-order valence-electron chi connectivity index (χ1n) is 11.2. The number of carbonyl (C=O) groups is 2. The smallest absolute Gasteiger partial charge is 0.241 e. The van der Waals surface area contributed by atoms with E-state index >= 15 is 0 Å². The van der Waals surface area contributed by atoms with Gasteiger partial charge >= 0.3 is 0 Å². The molecule has 1 saturated carbocycles. The van der Waals surface area contributed by atoms with Crippen molar-refractivity contribution in [3.63, 3.8) is 0 Å². The summed E-state index contributed by atoms with van der Waals surface area (Å²) in [6.07, 6.45) is 5.45. The molecule has 32 heavy (non-hydrogen) atoms. The van der Waals surface area contributed by atoms with Crippen LogP contribution in [-0.2, 0) is 9.59 Å². The monoisotopic (exact) mass is 444 g/mol. The van der Waals surface area contributed by atoms with Crippen molar-refractivity contribution < 1.29 is 9.59 Å². The van der Waals surface area contributed by atoms with Crippen LogP contribution in [0.25, 0.3) is 0 Å². The zero-order valence-corrected chi connectivity index (χ0v) is 18.9. The molecule has 1 aliphatic rings. The highest BCUT2D eigenvalue weighted by atomic mass is 32.2. The summed E-state index contributed by atoms with van der Waals surface area (Å²) in [5, 5.41) is 3.07. The normalized spacial score (nSPS) is 14.0. The van der Waals surface area contributed by atoms with Gasteiger partial charge in [0.25, 0.3) is 0 Å². The van der Waals surface area contributed by atoms with Crippen molar-refractivity contribution in [2.24, 2.45) is 5.92 Å². The first kappa shape index (κ1) is 22.2. The molecule has 1 aliphatic carbocycles. The van der Waals surface area contributed by atoms with Gasteiger partial charge in [0, 0.05) is 27.9 Å². The van der Waals surface area contributed by atoms with Crippen molar-refractivity contribution in [2.45, 2.75) is 37.0 Å². The number of hydrogen-bond donors (Lipinski definition) is 1. The van der Waals surface area contributed by atoms with Gasteiger partial charge < -0.3 is 5.32 Å². The third kappa shape index (κ3) is 5.80. The summed E-state index contributed by atoms with van der Waals surface area (Å²) < 4.78 is 0. The quantitative estimate of drug-likeness (QED) is 0.414. The summed E-state index contributed by atoms with van der Waals surface area (Å²) in [5.74, 6) is 0.530. The van der Waals surface area contributed by atoms with Crippen LogP contribution >= 0.6 is 11.8 Å². The predicted octanol–water partition coefficient (Wildman–Crippen LogP) is 6.66. The number of para-hydroxylation sites is 2. The van der Waals surface area contributed by atoms with Gasteiger partial charge in [0.2, 0.25) is 11.8 Å². The summed E-state index contributed by atoms with van der Waals surface area (Å²) in [6, 6.07) is 27.2. The van der Waals surface area contributed by atoms with Crippen LogP contribution in [0.2, 0.25) is 0 Å². The second kappa shape index (κ2) is 11.0. The van der Waals surface area contributed by atoms with Gasteiger partial charge in [-0.15, -0.1) is 11.8 Å². The fourth-order valence-electron chi connectivity index (χ4n) is 4.07. The molecule has 0 bridgehead atoms. The molecule has 1 fully saturated rings. The Morgan fingerprint density at radius 3 is 2.06 bits per heavy atom. The maximum absolute atomic E-state index is 13.2. The highest BCUT2D eigenvalue weighted by Crippen LogP contribution is 2.29. The molecular formula is C27H28N2O2S. The predicted molar refractivity (Wildman–Crippen MR) is 132 cm³/mol. The maximum Gasteiger partial charge on any atom is 0.241 e. The van der Waals surface area contributed by atoms with Crippen LogP contribution in [0.1, 0.15) is 32.1 Å². The Hall–Kier alpha value is -3.05. The molecule has 164 valence electrons. The van der Waals surface area contributed by atoms with Crippen LogP contribution in [0.3, 0.4) is 0 Å². The molecule has 3 aromatic carbocycles. The van der Waals surface area contributed by atoms with E-state index in [4.69, 9.17) is 0 Å². The van der Waals surface area contributed by atoms with Crippen LogP contribution in [0.4, 0.5) is 17.1 Å². The molecule has 0 heterocycles. The number of benzene rings is 3. The Bertz CT molecular complexity index is 994. The molecule has 0 aliphatic heterocycles.